The average molecular weight is 913 g/mol. The quantitative estimate of drug-likeness (QED) is 0.0881. The highest BCUT2D eigenvalue weighted by atomic mass is 32.2. The number of hydrogen-bond donors (Lipinski definition) is 4. The van der Waals surface area contributed by atoms with Gasteiger partial charge in [0, 0.05) is 12.2 Å². The Hall–Kier alpha value is -5.37. The first-order chi connectivity index (χ1) is 30.2. The van der Waals surface area contributed by atoms with E-state index in [1.807, 2.05) is 0 Å². The summed E-state index contributed by atoms with van der Waals surface area (Å²) in [5.41, 5.74) is 2.29. The topological polar surface area (TPSA) is 212 Å². The Morgan fingerprint density at radius 1 is 0.492 bits per heavy atom. The summed E-state index contributed by atoms with van der Waals surface area (Å²) in [5.74, 6) is -3.40. The zero-order valence-corrected chi connectivity index (χ0v) is 35.7. The smallest absolute Gasteiger partial charge is 0.338 e. The van der Waals surface area contributed by atoms with Crippen LogP contribution in [-0.4, -0.2) is 109 Å². The van der Waals surface area contributed by atoms with Crippen LogP contribution in [0.5, 0.6) is 0 Å². The lowest BCUT2D eigenvalue weighted by atomic mass is 10.1. The second kappa shape index (κ2) is 23.4. The summed E-state index contributed by atoms with van der Waals surface area (Å²) >= 11 is 2.18. The Morgan fingerprint density at radius 3 is 1.14 bits per heavy atom. The Kier molecular flexibility index (Phi) is 18.0. The van der Waals surface area contributed by atoms with Crippen molar-refractivity contribution >= 4 is 53.4 Å². The van der Waals surface area contributed by atoms with Crippen molar-refractivity contribution in [2.24, 2.45) is 0 Å². The maximum absolute atomic E-state index is 15.0. The first-order valence-corrected chi connectivity index (χ1v) is 21.4. The third-order valence-corrected chi connectivity index (χ3v) is 12.6. The van der Waals surface area contributed by atoms with Gasteiger partial charge in [0.25, 0.3) is 0 Å². The predicted octanol–water partition coefficient (Wildman–Crippen LogP) is 5.29. The van der Waals surface area contributed by atoms with Gasteiger partial charge in [-0.25, -0.2) is 28.0 Å². The minimum Gasteiger partial charge on any atom is -0.461 e. The van der Waals surface area contributed by atoms with E-state index in [1.54, 1.807) is 55.5 Å². The van der Waals surface area contributed by atoms with Gasteiger partial charge in [-0.05, 0) is 70.8 Å². The Bertz CT molecular complexity index is 2160. The van der Waals surface area contributed by atoms with Gasteiger partial charge >= 0.3 is 29.8 Å². The number of ether oxygens (including phenoxy) is 5. The molecule has 8 atom stereocenters. The van der Waals surface area contributed by atoms with Crippen LogP contribution in [0.4, 0.5) is 8.78 Å². The number of carbonyl (C=O) groups excluding carboxylic acids is 5. The highest BCUT2D eigenvalue weighted by molar-refractivity contribution is 8.01. The molecule has 6 rings (SSSR count). The van der Waals surface area contributed by atoms with Gasteiger partial charge in [0.15, 0.2) is 17.7 Å². The molecule has 2 saturated heterocycles. The molecule has 4 aromatic carbocycles. The number of aliphatic hydroxyl groups is 4. The van der Waals surface area contributed by atoms with Crippen molar-refractivity contribution in [3.05, 3.63) is 142 Å². The molecule has 63 heavy (non-hydrogen) atoms. The lowest BCUT2D eigenvalue weighted by molar-refractivity contribution is -0.145. The molecule has 0 aromatic heterocycles. The summed E-state index contributed by atoms with van der Waals surface area (Å²) in [7, 11) is 0. The number of benzene rings is 4. The van der Waals surface area contributed by atoms with E-state index in [4.69, 9.17) is 44.1 Å². The summed E-state index contributed by atoms with van der Waals surface area (Å²) < 4.78 is 56.1. The molecule has 2 aliphatic heterocycles. The van der Waals surface area contributed by atoms with Gasteiger partial charge in [-0.2, -0.15) is 0 Å². The van der Waals surface area contributed by atoms with Crippen LogP contribution in [0.15, 0.2) is 97.1 Å². The molecule has 0 aliphatic carbocycles. The van der Waals surface area contributed by atoms with Crippen LogP contribution < -0.4 is 0 Å². The van der Waals surface area contributed by atoms with E-state index in [1.165, 1.54) is 60.3 Å². The number of thioether (sulfide) groups is 2. The predicted molar refractivity (Wildman–Crippen MR) is 226 cm³/mol. The van der Waals surface area contributed by atoms with Crippen molar-refractivity contribution < 1.29 is 76.9 Å². The fourth-order valence-electron chi connectivity index (χ4n) is 6.24. The van der Waals surface area contributed by atoms with Crippen molar-refractivity contribution in [1.29, 1.82) is 0 Å². The van der Waals surface area contributed by atoms with Crippen molar-refractivity contribution in [2.45, 2.75) is 86.0 Å². The monoisotopic (exact) mass is 912 g/mol. The van der Waals surface area contributed by atoms with Crippen molar-refractivity contribution in [3.8, 4) is 0 Å². The van der Waals surface area contributed by atoms with E-state index in [0.717, 1.165) is 18.7 Å². The number of carbonyl (C=O) groups is 5. The van der Waals surface area contributed by atoms with E-state index >= 15 is 4.39 Å². The number of hydrogen-bond acceptors (Lipinski definition) is 16. The van der Waals surface area contributed by atoms with Crippen LogP contribution in [0, 0.1) is 0 Å². The van der Waals surface area contributed by atoms with E-state index in [2.05, 4.69) is 0 Å². The van der Waals surface area contributed by atoms with Gasteiger partial charge in [-0.3, -0.25) is 4.79 Å². The van der Waals surface area contributed by atoms with Crippen LogP contribution >= 0.6 is 23.5 Å². The largest absolute Gasteiger partial charge is 0.461 e. The molecule has 4 N–H and O–H groups in total. The van der Waals surface area contributed by atoms with E-state index in [0.29, 0.717) is 27.8 Å². The second-order valence-corrected chi connectivity index (χ2v) is 17.2. The molecule has 2 fully saturated rings. The zero-order valence-electron chi connectivity index (χ0n) is 34.0. The molecule has 0 amide bonds. The van der Waals surface area contributed by atoms with Gasteiger partial charge in [-0.15, -0.1) is 23.5 Å². The van der Waals surface area contributed by atoms with E-state index < -0.39 is 75.6 Å². The molecule has 0 unspecified atom stereocenters. The van der Waals surface area contributed by atoms with Crippen molar-refractivity contribution in [3.63, 3.8) is 0 Å². The average Bonchev–Trinajstić information content (AvgIpc) is 3.74. The summed E-state index contributed by atoms with van der Waals surface area (Å²) in [6.07, 6.45) is -5.58. The normalized spacial score (nSPS) is 22.5. The maximum Gasteiger partial charge on any atom is 0.338 e. The highest BCUT2D eigenvalue weighted by Gasteiger charge is 2.50. The molecule has 0 bridgehead atoms. The van der Waals surface area contributed by atoms with Crippen LogP contribution in [0.1, 0.15) is 77.5 Å². The first kappa shape index (κ1) is 48.7. The number of esters is 5. The molecule has 336 valence electrons. The zero-order chi connectivity index (χ0) is 45.6. The van der Waals surface area contributed by atoms with Crippen LogP contribution in [0.3, 0.4) is 0 Å². The van der Waals surface area contributed by atoms with Gasteiger partial charge < -0.3 is 44.1 Å². The van der Waals surface area contributed by atoms with Gasteiger partial charge in [0.1, 0.15) is 25.5 Å². The van der Waals surface area contributed by atoms with E-state index in [-0.39, 0.29) is 56.3 Å². The summed E-state index contributed by atoms with van der Waals surface area (Å²) in [6.45, 7) is 1.82. The van der Waals surface area contributed by atoms with Gasteiger partial charge in [-0.1, -0.05) is 55.5 Å². The van der Waals surface area contributed by atoms with Crippen LogP contribution in [0.2, 0.25) is 0 Å². The fraction of sp³-hybridized carbons (Fsp3) is 0.356. The van der Waals surface area contributed by atoms with Gasteiger partial charge in [0.05, 0.1) is 59.2 Å². The lowest BCUT2D eigenvalue weighted by Gasteiger charge is -2.21. The van der Waals surface area contributed by atoms with Gasteiger partial charge in [0.2, 0.25) is 0 Å². The minimum atomic E-state index is -1.83. The van der Waals surface area contributed by atoms with E-state index in [9.17, 15) is 28.4 Å². The molecule has 0 spiro atoms. The first-order valence-electron chi connectivity index (χ1n) is 19.6. The fourth-order valence-corrected chi connectivity index (χ4v) is 8.95. The molecular formula is C45H46F2O14S2. The van der Waals surface area contributed by atoms with Crippen molar-refractivity contribution in [1.82, 2.24) is 0 Å². The number of halogens is 2. The van der Waals surface area contributed by atoms with Crippen molar-refractivity contribution in [2.75, 3.05) is 13.2 Å². The summed E-state index contributed by atoms with van der Waals surface area (Å²) in [6, 6.07) is 24.6. The molecule has 14 nitrogen and oxygen atoms in total. The summed E-state index contributed by atoms with van der Waals surface area (Å²) in [5, 5.41) is 34.6. The molecule has 0 radical (unpaired) electrons. The third-order valence-electron chi connectivity index (χ3n) is 9.78. The Morgan fingerprint density at radius 2 is 0.810 bits per heavy atom. The molecule has 4 aromatic rings. The summed E-state index contributed by atoms with van der Waals surface area (Å²) in [4.78, 5) is 60.9. The molecule has 18 heteroatoms. The Balaban J connectivity index is 0.000000239. The second-order valence-electron chi connectivity index (χ2n) is 14.3. The third kappa shape index (κ3) is 13.3. The Labute approximate surface area is 369 Å². The maximum atomic E-state index is 15.0. The standard InChI is InChI=1S/C23H23FO8S.C22H23FO6S/c1-13(27)31-23-19(24)20(32-22(29)17-8-4-15(11-26)5-9-17)18(33-23)12-30-21(28)16-6-2-14(10-25)3-7-16;1-13-19(23)20(29-22(27)17-8-4-15(11-25)5-9-17)18(30-13)12-28-21(26)16-6-2-14(10-24)3-7-16/h2-9,18-20,23,25-26H,10-12H2,1H3;2-9,13,18-20,24-25H,10-12H2,1H3/t18-,19+,20-,23-;13-,18-,19-,20-/m11/s1. The molecule has 2 heterocycles. The minimum absolute atomic E-state index is 0.0998. The molecular weight excluding hydrogens is 867 g/mol. The lowest BCUT2D eigenvalue weighted by Crippen LogP contribution is -2.37. The molecule has 0 saturated carbocycles. The number of aliphatic hydroxyl groups excluding tert-OH is 4. The molecule has 2 aliphatic rings. The number of alkyl halides is 2. The van der Waals surface area contributed by atoms with Crippen LogP contribution in [-0.2, 0) is 54.9 Å². The SMILES string of the molecule is CC(=O)O[C@@H]1S[C@H](COC(=O)c2ccc(CO)cc2)[C@@H](OC(=O)c2ccc(CO)cc2)[C@@H]1F.C[C@H]1S[C@H](COC(=O)c2ccc(CO)cc2)[C@@H](OC(=O)c2ccc(CO)cc2)[C@@H]1F. The number of rotatable bonds is 15. The van der Waals surface area contributed by atoms with Crippen LogP contribution in [0.25, 0.3) is 0 Å². The highest BCUT2D eigenvalue weighted by Crippen LogP contribution is 2.40.